The summed E-state index contributed by atoms with van der Waals surface area (Å²) in [6.07, 6.45) is 6.92. The molecule has 4 aromatic rings. The lowest BCUT2D eigenvalue weighted by Crippen LogP contribution is -2.62. The van der Waals surface area contributed by atoms with Crippen LogP contribution in [0.1, 0.15) is 40.5 Å². The maximum Gasteiger partial charge on any atom is 0.245 e. The van der Waals surface area contributed by atoms with Gasteiger partial charge in [0.15, 0.2) is 5.82 Å². The van der Waals surface area contributed by atoms with Crippen molar-refractivity contribution in [2.24, 2.45) is 0 Å². The molecule has 10 heteroatoms. The van der Waals surface area contributed by atoms with Gasteiger partial charge in [0, 0.05) is 35.3 Å². The van der Waals surface area contributed by atoms with Crippen LogP contribution in [0, 0.1) is 0 Å². The molecule has 0 atom stereocenters. The van der Waals surface area contributed by atoms with E-state index in [9.17, 15) is 5.11 Å². The third-order valence-electron chi connectivity index (χ3n) is 6.30. The molecule has 0 bridgehead atoms. The third-order valence-corrected chi connectivity index (χ3v) is 6.30. The highest BCUT2D eigenvalue weighted by Crippen LogP contribution is 2.34. The zero-order valence-corrected chi connectivity index (χ0v) is 20.0. The second-order valence-corrected chi connectivity index (χ2v) is 10.3. The summed E-state index contributed by atoms with van der Waals surface area (Å²) in [5.74, 6) is 1.14. The maximum atomic E-state index is 10.7. The largest absolute Gasteiger partial charge is 0.507 e. The summed E-state index contributed by atoms with van der Waals surface area (Å²) in [5.41, 5.74) is 3.25. The van der Waals surface area contributed by atoms with Crippen molar-refractivity contribution in [2.75, 3.05) is 11.9 Å². The zero-order chi connectivity index (χ0) is 24.1. The van der Waals surface area contributed by atoms with Crippen molar-refractivity contribution in [3.8, 4) is 28.4 Å². The van der Waals surface area contributed by atoms with Crippen LogP contribution < -0.4 is 10.2 Å². The summed E-state index contributed by atoms with van der Waals surface area (Å²) in [6, 6.07) is 5.54. The smallest absolute Gasteiger partial charge is 0.245 e. The fourth-order valence-corrected chi connectivity index (χ4v) is 5.03. The number of nitrogens with zero attached hydrogens (tertiary/aromatic N) is 7. The molecular formula is C24H29N9O. The molecular weight excluding hydrogens is 430 g/mol. The standard InChI is InChI=1S/C24H29N9O/c1-23(2)9-15(10-24(3,4)32-23)33(5)22-26-11-17(30-31-22)16-7-6-14(8-20(16)34)21-25-12-19-18(28-21)13-27-29-19/h6-8,11-13,15,32,34H,9-10H2,1-5H3,(H,27,29). The Bertz CT molecular complexity index is 1310. The van der Waals surface area contributed by atoms with Crippen LogP contribution >= 0.6 is 0 Å². The molecule has 1 fully saturated rings. The van der Waals surface area contributed by atoms with E-state index in [-0.39, 0.29) is 16.8 Å². The molecule has 1 aliphatic heterocycles. The predicted octanol–water partition coefficient (Wildman–Crippen LogP) is 3.32. The first kappa shape index (κ1) is 22.1. The number of rotatable bonds is 4. The van der Waals surface area contributed by atoms with Crippen LogP contribution in [0.4, 0.5) is 5.95 Å². The van der Waals surface area contributed by atoms with Gasteiger partial charge >= 0.3 is 0 Å². The topological polar surface area (TPSA) is 129 Å². The van der Waals surface area contributed by atoms with Gasteiger partial charge in [-0.3, -0.25) is 5.10 Å². The van der Waals surface area contributed by atoms with Crippen molar-refractivity contribution < 1.29 is 5.11 Å². The number of nitrogens with one attached hydrogen (secondary N) is 2. The van der Waals surface area contributed by atoms with Gasteiger partial charge < -0.3 is 15.3 Å². The van der Waals surface area contributed by atoms with E-state index < -0.39 is 0 Å². The van der Waals surface area contributed by atoms with Crippen molar-refractivity contribution in [2.45, 2.75) is 57.7 Å². The van der Waals surface area contributed by atoms with Crippen molar-refractivity contribution >= 4 is 17.0 Å². The number of aromatic hydroxyl groups is 1. The molecule has 1 aliphatic rings. The first-order valence-electron chi connectivity index (χ1n) is 11.3. The number of aromatic amines is 1. The summed E-state index contributed by atoms with van der Waals surface area (Å²) in [7, 11) is 2.02. The first-order valence-corrected chi connectivity index (χ1v) is 11.3. The van der Waals surface area contributed by atoms with E-state index in [2.05, 4.69) is 73.3 Å². The number of aromatic nitrogens is 7. The Balaban J connectivity index is 1.37. The highest BCUT2D eigenvalue weighted by atomic mass is 16.3. The second-order valence-electron chi connectivity index (χ2n) is 10.3. The minimum absolute atomic E-state index is 0.0213. The number of hydrogen-bond acceptors (Lipinski definition) is 9. The third kappa shape index (κ3) is 4.28. The van der Waals surface area contributed by atoms with Crippen LogP contribution in [0.2, 0.25) is 0 Å². The number of hydrogen-bond donors (Lipinski definition) is 3. The number of H-pyrrole nitrogens is 1. The molecule has 176 valence electrons. The molecule has 3 N–H and O–H groups in total. The molecule has 1 aromatic carbocycles. The quantitative estimate of drug-likeness (QED) is 0.421. The van der Waals surface area contributed by atoms with E-state index in [0.717, 1.165) is 18.4 Å². The van der Waals surface area contributed by atoms with Crippen molar-refractivity contribution in [3.63, 3.8) is 0 Å². The summed E-state index contributed by atoms with van der Waals surface area (Å²) in [6.45, 7) is 8.90. The fraction of sp³-hybridized carbons (Fsp3) is 0.417. The lowest BCUT2D eigenvalue weighted by molar-refractivity contribution is 0.160. The Morgan fingerprint density at radius 2 is 1.76 bits per heavy atom. The van der Waals surface area contributed by atoms with E-state index in [0.29, 0.717) is 40.2 Å². The van der Waals surface area contributed by atoms with E-state index in [1.54, 1.807) is 30.7 Å². The molecule has 0 saturated carbocycles. The molecule has 10 nitrogen and oxygen atoms in total. The summed E-state index contributed by atoms with van der Waals surface area (Å²) in [4.78, 5) is 15.5. The van der Waals surface area contributed by atoms with Crippen LogP contribution in [0.5, 0.6) is 5.75 Å². The van der Waals surface area contributed by atoms with Crippen LogP contribution in [-0.2, 0) is 0 Å². The summed E-state index contributed by atoms with van der Waals surface area (Å²) < 4.78 is 0. The number of anilines is 1. The zero-order valence-electron chi connectivity index (χ0n) is 20.0. The van der Waals surface area contributed by atoms with Crippen LogP contribution in [0.3, 0.4) is 0 Å². The van der Waals surface area contributed by atoms with Crippen LogP contribution in [0.25, 0.3) is 33.7 Å². The van der Waals surface area contributed by atoms with Gasteiger partial charge in [-0.25, -0.2) is 15.0 Å². The Hall–Kier alpha value is -3.66. The van der Waals surface area contributed by atoms with Crippen LogP contribution in [0.15, 0.2) is 36.8 Å². The van der Waals surface area contributed by atoms with Crippen molar-refractivity contribution in [3.05, 3.63) is 36.8 Å². The SMILES string of the molecule is CN(c1ncc(-c2ccc(-c3ncc4[nH]ncc4n3)cc2O)nn1)C1CC(C)(C)NC(C)(C)C1. The normalized spacial score (nSPS) is 17.7. The number of piperidine rings is 1. The minimum Gasteiger partial charge on any atom is -0.507 e. The molecule has 0 spiro atoms. The van der Waals surface area contributed by atoms with Crippen LogP contribution in [-0.4, -0.2) is 64.6 Å². The number of benzene rings is 1. The number of phenols is 1. The number of fused-ring (bicyclic) bond motifs is 1. The molecule has 5 rings (SSSR count). The lowest BCUT2D eigenvalue weighted by Gasteiger charge is -2.48. The van der Waals surface area contributed by atoms with E-state index in [4.69, 9.17) is 0 Å². The lowest BCUT2D eigenvalue weighted by atomic mass is 9.79. The molecule has 0 amide bonds. The maximum absolute atomic E-state index is 10.7. The molecule has 3 aromatic heterocycles. The highest BCUT2D eigenvalue weighted by Gasteiger charge is 2.39. The minimum atomic E-state index is 0.0213. The summed E-state index contributed by atoms with van der Waals surface area (Å²) >= 11 is 0. The van der Waals surface area contributed by atoms with Gasteiger partial charge in [0.2, 0.25) is 5.95 Å². The van der Waals surface area contributed by atoms with Gasteiger partial charge in [0.1, 0.15) is 22.5 Å². The molecule has 0 radical (unpaired) electrons. The average Bonchev–Trinajstić information content (AvgIpc) is 3.24. The van der Waals surface area contributed by atoms with Crippen molar-refractivity contribution in [1.82, 2.24) is 40.7 Å². The van der Waals surface area contributed by atoms with E-state index in [1.807, 2.05) is 13.1 Å². The Kier molecular flexibility index (Phi) is 5.20. The fourth-order valence-electron chi connectivity index (χ4n) is 5.03. The Morgan fingerprint density at radius 1 is 1.00 bits per heavy atom. The molecule has 0 aliphatic carbocycles. The van der Waals surface area contributed by atoms with Gasteiger partial charge in [-0.1, -0.05) is 6.07 Å². The van der Waals surface area contributed by atoms with Crippen molar-refractivity contribution in [1.29, 1.82) is 0 Å². The monoisotopic (exact) mass is 459 g/mol. The van der Waals surface area contributed by atoms with E-state index >= 15 is 0 Å². The molecule has 0 unspecified atom stereocenters. The predicted molar refractivity (Wildman–Crippen MR) is 130 cm³/mol. The molecule has 34 heavy (non-hydrogen) atoms. The molecule has 1 saturated heterocycles. The van der Waals surface area contributed by atoms with Gasteiger partial charge in [0.25, 0.3) is 0 Å². The van der Waals surface area contributed by atoms with Gasteiger partial charge in [-0.05, 0) is 52.7 Å². The second kappa shape index (κ2) is 7.98. The van der Waals surface area contributed by atoms with Gasteiger partial charge in [-0.2, -0.15) is 5.10 Å². The highest BCUT2D eigenvalue weighted by molar-refractivity contribution is 5.76. The Morgan fingerprint density at radius 3 is 2.44 bits per heavy atom. The average molecular weight is 460 g/mol. The van der Waals surface area contributed by atoms with Gasteiger partial charge in [-0.15, -0.1) is 10.2 Å². The first-order chi connectivity index (χ1) is 16.1. The summed E-state index contributed by atoms with van der Waals surface area (Å²) in [5, 5.41) is 29.9. The molecule has 4 heterocycles. The van der Waals surface area contributed by atoms with E-state index in [1.165, 1.54) is 0 Å². The number of phenolic OH excluding ortho intramolecular Hbond substituents is 1. The Labute approximate surface area is 197 Å². The van der Waals surface area contributed by atoms with Gasteiger partial charge in [0.05, 0.1) is 18.6 Å².